The maximum absolute atomic E-state index is 11.3. The molecule has 1 aromatic carbocycles. The second-order valence-corrected chi connectivity index (χ2v) is 4.13. The van der Waals surface area contributed by atoms with Gasteiger partial charge < -0.3 is 9.30 Å². The highest BCUT2D eigenvalue weighted by Crippen LogP contribution is 2.17. The molecule has 1 aromatic heterocycles. The molecule has 0 N–H and O–H groups in total. The number of carbonyl (C=O) groups is 1. The fourth-order valence-corrected chi connectivity index (χ4v) is 1.93. The molecule has 3 nitrogen and oxygen atoms in total. The van der Waals surface area contributed by atoms with Crippen LogP contribution in [0.1, 0.15) is 18.9 Å². The number of aryl methyl sites for hydroxylation is 2. The second-order valence-electron chi connectivity index (χ2n) is 4.13. The summed E-state index contributed by atoms with van der Waals surface area (Å²) in [6.07, 6.45) is 2.44. The first-order valence-electron chi connectivity index (χ1n) is 5.92. The molecule has 0 unspecified atom stereocenters. The van der Waals surface area contributed by atoms with Crippen molar-refractivity contribution in [1.82, 2.24) is 4.57 Å². The molecule has 2 rings (SSSR count). The number of benzene rings is 1. The molecule has 0 spiro atoms. The first kappa shape index (κ1) is 11.7. The number of esters is 1. The first-order chi connectivity index (χ1) is 8.20. The minimum absolute atomic E-state index is 0.137. The van der Waals surface area contributed by atoms with Crippen molar-refractivity contribution in [1.29, 1.82) is 0 Å². The molecule has 0 atom stereocenters. The van der Waals surface area contributed by atoms with Gasteiger partial charge in [0.05, 0.1) is 13.0 Å². The third-order valence-corrected chi connectivity index (χ3v) is 2.79. The number of hydrogen-bond donors (Lipinski definition) is 0. The van der Waals surface area contributed by atoms with Crippen molar-refractivity contribution >= 4 is 16.9 Å². The SMILES string of the molecule is CCOC(=O)CCn1ccc2ccc(C)cc21. The number of hydrogen-bond acceptors (Lipinski definition) is 2. The van der Waals surface area contributed by atoms with Crippen LogP contribution in [-0.2, 0) is 16.1 Å². The molecular formula is C14H17NO2. The van der Waals surface area contributed by atoms with Crippen LogP contribution in [0, 0.1) is 6.92 Å². The highest BCUT2D eigenvalue weighted by atomic mass is 16.5. The van der Waals surface area contributed by atoms with Crippen LogP contribution >= 0.6 is 0 Å². The Labute approximate surface area is 101 Å². The Morgan fingerprint density at radius 3 is 2.94 bits per heavy atom. The lowest BCUT2D eigenvalue weighted by molar-refractivity contribution is -0.143. The van der Waals surface area contributed by atoms with E-state index >= 15 is 0 Å². The van der Waals surface area contributed by atoms with Gasteiger partial charge in [-0.2, -0.15) is 0 Å². The number of fused-ring (bicyclic) bond motifs is 1. The van der Waals surface area contributed by atoms with Crippen LogP contribution in [0.5, 0.6) is 0 Å². The van der Waals surface area contributed by atoms with E-state index in [1.165, 1.54) is 16.5 Å². The van der Waals surface area contributed by atoms with Crippen molar-refractivity contribution in [3.63, 3.8) is 0 Å². The van der Waals surface area contributed by atoms with E-state index in [0.29, 0.717) is 19.6 Å². The van der Waals surface area contributed by atoms with E-state index in [0.717, 1.165) is 0 Å². The van der Waals surface area contributed by atoms with Gasteiger partial charge in [0.2, 0.25) is 0 Å². The van der Waals surface area contributed by atoms with E-state index < -0.39 is 0 Å². The third kappa shape index (κ3) is 2.67. The number of rotatable bonds is 4. The van der Waals surface area contributed by atoms with Gasteiger partial charge in [0.25, 0.3) is 0 Å². The van der Waals surface area contributed by atoms with Gasteiger partial charge in [0.1, 0.15) is 0 Å². The predicted molar refractivity (Wildman–Crippen MR) is 67.9 cm³/mol. The van der Waals surface area contributed by atoms with E-state index in [1.54, 1.807) is 0 Å². The monoisotopic (exact) mass is 231 g/mol. The van der Waals surface area contributed by atoms with Crippen LogP contribution in [0.15, 0.2) is 30.5 Å². The minimum atomic E-state index is -0.137. The third-order valence-electron chi connectivity index (χ3n) is 2.79. The zero-order valence-corrected chi connectivity index (χ0v) is 10.3. The van der Waals surface area contributed by atoms with Gasteiger partial charge in [0.15, 0.2) is 0 Å². The summed E-state index contributed by atoms with van der Waals surface area (Å²) < 4.78 is 7.02. The van der Waals surface area contributed by atoms with Crippen LogP contribution < -0.4 is 0 Å². The van der Waals surface area contributed by atoms with Crippen LogP contribution in [0.3, 0.4) is 0 Å². The summed E-state index contributed by atoms with van der Waals surface area (Å²) in [6.45, 7) is 5.02. The molecule has 0 radical (unpaired) electrons. The quantitative estimate of drug-likeness (QED) is 0.758. The molecule has 0 saturated heterocycles. The maximum Gasteiger partial charge on any atom is 0.307 e. The van der Waals surface area contributed by atoms with Gasteiger partial charge in [-0.25, -0.2) is 0 Å². The lowest BCUT2D eigenvalue weighted by Gasteiger charge is -2.05. The molecule has 0 aliphatic heterocycles. The Kier molecular flexibility index (Phi) is 3.47. The van der Waals surface area contributed by atoms with Gasteiger partial charge in [-0.15, -0.1) is 0 Å². The lowest BCUT2D eigenvalue weighted by atomic mass is 10.2. The van der Waals surface area contributed by atoms with Crippen LogP contribution in [0.25, 0.3) is 10.9 Å². The number of carbonyl (C=O) groups excluding carboxylic acids is 1. The molecule has 0 aliphatic carbocycles. The Balaban J connectivity index is 2.13. The number of nitrogens with zero attached hydrogens (tertiary/aromatic N) is 1. The summed E-state index contributed by atoms with van der Waals surface area (Å²) in [6, 6.07) is 8.41. The smallest absolute Gasteiger partial charge is 0.307 e. The summed E-state index contributed by atoms with van der Waals surface area (Å²) in [5.41, 5.74) is 2.41. The predicted octanol–water partition coefficient (Wildman–Crippen LogP) is 2.90. The normalized spacial score (nSPS) is 10.7. The summed E-state index contributed by atoms with van der Waals surface area (Å²) in [5, 5.41) is 1.21. The Bertz CT molecular complexity index is 528. The standard InChI is InChI=1S/C14H17NO2/c1-3-17-14(16)7-9-15-8-6-12-5-4-11(2)10-13(12)15/h4-6,8,10H,3,7,9H2,1-2H3. The van der Waals surface area contributed by atoms with Gasteiger partial charge in [-0.05, 0) is 36.9 Å². The molecule has 0 fully saturated rings. The van der Waals surface area contributed by atoms with Crippen LogP contribution in [0.4, 0.5) is 0 Å². The fourth-order valence-electron chi connectivity index (χ4n) is 1.93. The molecular weight excluding hydrogens is 214 g/mol. The molecule has 0 aliphatic rings. The van der Waals surface area contributed by atoms with Crippen molar-refractivity contribution in [2.45, 2.75) is 26.8 Å². The van der Waals surface area contributed by atoms with E-state index in [-0.39, 0.29) is 5.97 Å². The summed E-state index contributed by atoms with van der Waals surface area (Å²) in [7, 11) is 0. The average Bonchev–Trinajstić information content (AvgIpc) is 2.69. The Hall–Kier alpha value is -1.77. The van der Waals surface area contributed by atoms with Crippen molar-refractivity contribution in [2.75, 3.05) is 6.61 Å². The van der Waals surface area contributed by atoms with E-state index in [9.17, 15) is 4.79 Å². The summed E-state index contributed by atoms with van der Waals surface area (Å²) in [4.78, 5) is 11.3. The molecule has 0 amide bonds. The maximum atomic E-state index is 11.3. The van der Waals surface area contributed by atoms with E-state index in [2.05, 4.69) is 35.8 Å². The largest absolute Gasteiger partial charge is 0.466 e. The molecule has 2 aromatic rings. The molecule has 1 heterocycles. The van der Waals surface area contributed by atoms with Crippen molar-refractivity contribution in [3.8, 4) is 0 Å². The lowest BCUT2D eigenvalue weighted by Crippen LogP contribution is -2.08. The number of aromatic nitrogens is 1. The second kappa shape index (κ2) is 5.04. The van der Waals surface area contributed by atoms with Gasteiger partial charge in [-0.3, -0.25) is 4.79 Å². The zero-order chi connectivity index (χ0) is 12.3. The van der Waals surface area contributed by atoms with Gasteiger partial charge >= 0.3 is 5.97 Å². The van der Waals surface area contributed by atoms with Crippen LogP contribution in [-0.4, -0.2) is 17.1 Å². The fraction of sp³-hybridized carbons (Fsp3) is 0.357. The molecule has 3 heteroatoms. The molecule has 17 heavy (non-hydrogen) atoms. The van der Waals surface area contributed by atoms with Gasteiger partial charge in [-0.1, -0.05) is 12.1 Å². The highest BCUT2D eigenvalue weighted by Gasteiger charge is 2.05. The van der Waals surface area contributed by atoms with Gasteiger partial charge in [0, 0.05) is 18.3 Å². The molecule has 0 saturated carbocycles. The van der Waals surface area contributed by atoms with Crippen molar-refractivity contribution < 1.29 is 9.53 Å². The Morgan fingerprint density at radius 1 is 1.35 bits per heavy atom. The molecule has 90 valence electrons. The average molecular weight is 231 g/mol. The number of ether oxygens (including phenoxy) is 1. The zero-order valence-electron chi connectivity index (χ0n) is 10.3. The molecule has 0 bridgehead atoms. The highest BCUT2D eigenvalue weighted by molar-refractivity contribution is 5.81. The van der Waals surface area contributed by atoms with Crippen LogP contribution in [0.2, 0.25) is 0 Å². The summed E-state index contributed by atoms with van der Waals surface area (Å²) in [5.74, 6) is -0.137. The topological polar surface area (TPSA) is 31.2 Å². The Morgan fingerprint density at radius 2 is 2.18 bits per heavy atom. The van der Waals surface area contributed by atoms with E-state index in [4.69, 9.17) is 4.74 Å². The van der Waals surface area contributed by atoms with E-state index in [1.807, 2.05) is 13.1 Å². The summed E-state index contributed by atoms with van der Waals surface area (Å²) >= 11 is 0. The minimum Gasteiger partial charge on any atom is -0.466 e. The van der Waals surface area contributed by atoms with Crippen molar-refractivity contribution in [3.05, 3.63) is 36.0 Å². The first-order valence-corrected chi connectivity index (χ1v) is 5.92. The van der Waals surface area contributed by atoms with Crippen molar-refractivity contribution in [2.24, 2.45) is 0 Å².